The number of H-pyrrole nitrogens is 1. The predicted molar refractivity (Wildman–Crippen MR) is 91.9 cm³/mol. The number of hydrogen-bond acceptors (Lipinski definition) is 1. The lowest BCUT2D eigenvalue weighted by molar-refractivity contribution is -0.142. The highest BCUT2D eigenvalue weighted by Crippen LogP contribution is 2.36. The molecule has 1 aromatic heterocycles. The van der Waals surface area contributed by atoms with E-state index in [0.717, 1.165) is 34.3 Å². The number of aromatic nitrogens is 1. The lowest BCUT2D eigenvalue weighted by atomic mass is 9.86. The summed E-state index contributed by atoms with van der Waals surface area (Å²) in [4.78, 5) is 14.6. The number of halogens is 3. The summed E-state index contributed by atoms with van der Waals surface area (Å²) in [5.74, 6) is -1.22. The standard InChI is InChI=1S/C20H16F3NO2/c21-20(22,23)14-3-1-2-11(8-14)12-4-6-17-15(9-12)16-10-13(19(25)26)5-7-18(16)24-17/h1-4,6,8-9,13,24H,5,7,10H2,(H,25,26). The van der Waals surface area contributed by atoms with Crippen molar-refractivity contribution in [1.82, 2.24) is 4.98 Å². The Kier molecular flexibility index (Phi) is 3.79. The molecule has 0 amide bonds. The zero-order chi connectivity index (χ0) is 18.5. The van der Waals surface area contributed by atoms with Gasteiger partial charge < -0.3 is 10.1 Å². The second-order valence-corrected chi connectivity index (χ2v) is 6.70. The van der Waals surface area contributed by atoms with E-state index in [1.807, 2.05) is 12.1 Å². The molecule has 0 saturated carbocycles. The van der Waals surface area contributed by atoms with Gasteiger partial charge in [0.1, 0.15) is 0 Å². The molecule has 0 saturated heterocycles. The van der Waals surface area contributed by atoms with E-state index in [4.69, 9.17) is 0 Å². The Hall–Kier alpha value is -2.76. The maximum absolute atomic E-state index is 13.0. The number of carboxylic acid groups (broad SMARTS) is 1. The van der Waals surface area contributed by atoms with Crippen molar-refractivity contribution >= 4 is 16.9 Å². The summed E-state index contributed by atoms with van der Waals surface area (Å²) in [7, 11) is 0. The molecule has 1 heterocycles. The molecule has 1 aliphatic rings. The maximum Gasteiger partial charge on any atom is 0.416 e. The van der Waals surface area contributed by atoms with Crippen LogP contribution in [0.2, 0.25) is 0 Å². The van der Waals surface area contributed by atoms with Gasteiger partial charge in [0.15, 0.2) is 0 Å². The highest BCUT2D eigenvalue weighted by Gasteiger charge is 2.30. The van der Waals surface area contributed by atoms with Crippen molar-refractivity contribution in [1.29, 1.82) is 0 Å². The third kappa shape index (κ3) is 2.85. The van der Waals surface area contributed by atoms with Crippen LogP contribution in [0, 0.1) is 5.92 Å². The van der Waals surface area contributed by atoms with Gasteiger partial charge in [0.2, 0.25) is 0 Å². The molecule has 134 valence electrons. The van der Waals surface area contributed by atoms with Gasteiger partial charge in [0, 0.05) is 16.6 Å². The van der Waals surface area contributed by atoms with Gasteiger partial charge >= 0.3 is 12.1 Å². The Balaban J connectivity index is 1.79. The summed E-state index contributed by atoms with van der Waals surface area (Å²) >= 11 is 0. The number of alkyl halides is 3. The Morgan fingerprint density at radius 3 is 2.62 bits per heavy atom. The lowest BCUT2D eigenvalue weighted by Gasteiger charge is -2.18. The van der Waals surface area contributed by atoms with Crippen LogP contribution in [-0.2, 0) is 23.8 Å². The number of aliphatic carboxylic acids is 1. The third-order valence-electron chi connectivity index (χ3n) is 5.06. The molecule has 2 aromatic carbocycles. The SMILES string of the molecule is O=C(O)C1CCc2[nH]c3ccc(-c4cccc(C(F)(F)F)c4)cc3c2C1. The lowest BCUT2D eigenvalue weighted by Crippen LogP contribution is -2.21. The topological polar surface area (TPSA) is 53.1 Å². The molecular formula is C20H16F3NO2. The molecule has 0 spiro atoms. The number of aryl methyl sites for hydroxylation is 1. The third-order valence-corrected chi connectivity index (χ3v) is 5.06. The first-order valence-electron chi connectivity index (χ1n) is 8.37. The number of carbonyl (C=O) groups is 1. The van der Waals surface area contributed by atoms with Gasteiger partial charge in [-0.1, -0.05) is 18.2 Å². The van der Waals surface area contributed by atoms with E-state index in [9.17, 15) is 23.1 Å². The summed E-state index contributed by atoms with van der Waals surface area (Å²) in [6, 6.07) is 10.7. The van der Waals surface area contributed by atoms with E-state index in [1.54, 1.807) is 12.1 Å². The summed E-state index contributed by atoms with van der Waals surface area (Å²) in [6.07, 6.45) is -2.69. The first-order valence-corrected chi connectivity index (χ1v) is 8.37. The Morgan fingerprint density at radius 1 is 1.12 bits per heavy atom. The van der Waals surface area contributed by atoms with Crippen LogP contribution in [0.1, 0.15) is 23.2 Å². The second-order valence-electron chi connectivity index (χ2n) is 6.70. The number of carboxylic acids is 1. The number of hydrogen-bond donors (Lipinski definition) is 2. The molecule has 0 bridgehead atoms. The van der Waals surface area contributed by atoms with E-state index in [2.05, 4.69) is 4.98 Å². The largest absolute Gasteiger partial charge is 0.481 e. The van der Waals surface area contributed by atoms with E-state index in [1.165, 1.54) is 6.07 Å². The Labute approximate surface area is 147 Å². The quantitative estimate of drug-likeness (QED) is 0.673. The van der Waals surface area contributed by atoms with Gasteiger partial charge in [-0.15, -0.1) is 0 Å². The van der Waals surface area contributed by atoms with Gasteiger partial charge in [0.05, 0.1) is 11.5 Å². The molecular weight excluding hydrogens is 343 g/mol. The minimum Gasteiger partial charge on any atom is -0.481 e. The van der Waals surface area contributed by atoms with Crippen molar-refractivity contribution in [3.63, 3.8) is 0 Å². The van der Waals surface area contributed by atoms with Crippen molar-refractivity contribution in [2.45, 2.75) is 25.4 Å². The Morgan fingerprint density at radius 2 is 1.88 bits per heavy atom. The average molecular weight is 359 g/mol. The Bertz CT molecular complexity index is 1000. The van der Waals surface area contributed by atoms with Crippen LogP contribution in [0.3, 0.4) is 0 Å². The molecule has 0 aliphatic heterocycles. The minimum absolute atomic E-state index is 0.418. The molecule has 4 rings (SSSR count). The van der Waals surface area contributed by atoms with E-state index in [-0.39, 0.29) is 0 Å². The highest BCUT2D eigenvalue weighted by atomic mass is 19.4. The number of rotatable bonds is 2. The van der Waals surface area contributed by atoms with Crippen molar-refractivity contribution in [3.05, 3.63) is 59.3 Å². The second kappa shape index (κ2) is 5.90. The molecule has 3 nitrogen and oxygen atoms in total. The zero-order valence-corrected chi connectivity index (χ0v) is 13.7. The fraction of sp³-hybridized carbons (Fsp3) is 0.250. The van der Waals surface area contributed by atoms with Crippen LogP contribution in [-0.4, -0.2) is 16.1 Å². The average Bonchev–Trinajstić information content (AvgIpc) is 2.98. The molecule has 1 atom stereocenters. The van der Waals surface area contributed by atoms with Crippen molar-refractivity contribution in [2.24, 2.45) is 5.92 Å². The van der Waals surface area contributed by atoms with Crippen LogP contribution in [0.15, 0.2) is 42.5 Å². The molecule has 3 aromatic rings. The normalized spacial score (nSPS) is 17.3. The number of aromatic amines is 1. The van der Waals surface area contributed by atoms with Gasteiger partial charge in [0.25, 0.3) is 0 Å². The summed E-state index contributed by atoms with van der Waals surface area (Å²) < 4.78 is 38.9. The van der Waals surface area contributed by atoms with E-state index in [0.29, 0.717) is 30.4 Å². The van der Waals surface area contributed by atoms with Gasteiger partial charge in [-0.05, 0) is 60.2 Å². The van der Waals surface area contributed by atoms with Crippen LogP contribution >= 0.6 is 0 Å². The van der Waals surface area contributed by atoms with Crippen molar-refractivity contribution in [3.8, 4) is 11.1 Å². The van der Waals surface area contributed by atoms with E-state index >= 15 is 0 Å². The molecule has 6 heteroatoms. The number of nitrogens with one attached hydrogen (secondary N) is 1. The number of fused-ring (bicyclic) bond motifs is 3. The van der Waals surface area contributed by atoms with Crippen LogP contribution in [0.4, 0.5) is 13.2 Å². The predicted octanol–water partition coefficient (Wildman–Crippen LogP) is 5.04. The fourth-order valence-electron chi connectivity index (χ4n) is 3.68. The fourth-order valence-corrected chi connectivity index (χ4v) is 3.68. The molecule has 2 N–H and O–H groups in total. The molecule has 1 unspecified atom stereocenters. The summed E-state index contributed by atoms with van der Waals surface area (Å²) in [5.41, 5.74) is 3.37. The van der Waals surface area contributed by atoms with Crippen LogP contribution < -0.4 is 0 Å². The van der Waals surface area contributed by atoms with Gasteiger partial charge in [-0.3, -0.25) is 4.79 Å². The monoisotopic (exact) mass is 359 g/mol. The van der Waals surface area contributed by atoms with Gasteiger partial charge in [-0.25, -0.2) is 0 Å². The summed E-state index contributed by atoms with van der Waals surface area (Å²) in [6.45, 7) is 0. The maximum atomic E-state index is 13.0. The van der Waals surface area contributed by atoms with Crippen molar-refractivity contribution in [2.75, 3.05) is 0 Å². The smallest absolute Gasteiger partial charge is 0.416 e. The van der Waals surface area contributed by atoms with Crippen LogP contribution in [0.5, 0.6) is 0 Å². The zero-order valence-electron chi connectivity index (χ0n) is 13.7. The molecule has 0 radical (unpaired) electrons. The van der Waals surface area contributed by atoms with Gasteiger partial charge in [-0.2, -0.15) is 13.2 Å². The highest BCUT2D eigenvalue weighted by molar-refractivity contribution is 5.90. The summed E-state index contributed by atoms with van der Waals surface area (Å²) in [5, 5.41) is 10.2. The van der Waals surface area contributed by atoms with E-state index < -0.39 is 23.6 Å². The first kappa shape index (κ1) is 16.7. The molecule has 1 aliphatic carbocycles. The number of benzene rings is 2. The van der Waals surface area contributed by atoms with Crippen LogP contribution in [0.25, 0.3) is 22.0 Å². The van der Waals surface area contributed by atoms with Crippen molar-refractivity contribution < 1.29 is 23.1 Å². The molecule has 0 fully saturated rings. The molecule has 26 heavy (non-hydrogen) atoms. The minimum atomic E-state index is -4.39. The first-order chi connectivity index (χ1) is 12.3.